The van der Waals surface area contributed by atoms with Gasteiger partial charge in [0.25, 0.3) is 0 Å². The van der Waals surface area contributed by atoms with Crippen molar-refractivity contribution >= 4 is 44.2 Å². The van der Waals surface area contributed by atoms with Gasteiger partial charge in [0.05, 0.1) is 15.8 Å². The molecule has 0 amide bonds. The van der Waals surface area contributed by atoms with E-state index < -0.39 is 11.6 Å². The van der Waals surface area contributed by atoms with Crippen molar-refractivity contribution in [3.8, 4) is 21.7 Å². The van der Waals surface area contributed by atoms with Gasteiger partial charge in [0.1, 0.15) is 16.2 Å². The van der Waals surface area contributed by atoms with E-state index in [0.29, 0.717) is 27.1 Å². The fourth-order valence-electron chi connectivity index (χ4n) is 4.08. The summed E-state index contributed by atoms with van der Waals surface area (Å²) in [5, 5.41) is 14.3. The first-order chi connectivity index (χ1) is 16.0. The van der Waals surface area contributed by atoms with Crippen molar-refractivity contribution in [2.45, 2.75) is 13.8 Å². The number of thiazole rings is 1. The number of para-hydroxylation sites is 1. The van der Waals surface area contributed by atoms with Crippen LogP contribution in [0.2, 0.25) is 0 Å². The largest absolute Gasteiger partial charge is 0.478 e. The number of anilines is 1. The number of aryl methyl sites for hydroxylation is 1. The maximum atomic E-state index is 13.4. The van der Waals surface area contributed by atoms with E-state index in [9.17, 15) is 14.7 Å². The Morgan fingerprint density at radius 2 is 1.85 bits per heavy atom. The predicted molar refractivity (Wildman–Crippen MR) is 132 cm³/mol. The van der Waals surface area contributed by atoms with Gasteiger partial charge in [-0.1, -0.05) is 30.3 Å². The summed E-state index contributed by atoms with van der Waals surface area (Å²) in [6.07, 6.45) is 0. The Morgan fingerprint density at radius 1 is 1.09 bits per heavy atom. The van der Waals surface area contributed by atoms with Crippen LogP contribution in [0.3, 0.4) is 0 Å². The molecule has 2 aromatic heterocycles. The van der Waals surface area contributed by atoms with Gasteiger partial charge in [-0.2, -0.15) is 0 Å². The maximum absolute atomic E-state index is 13.4. The van der Waals surface area contributed by atoms with Crippen molar-refractivity contribution in [1.82, 2.24) is 4.98 Å². The average molecular weight is 457 g/mol. The van der Waals surface area contributed by atoms with Gasteiger partial charge in [-0.05, 0) is 49.2 Å². The zero-order chi connectivity index (χ0) is 23.1. The predicted octanol–water partition coefficient (Wildman–Crippen LogP) is 6.18. The van der Waals surface area contributed by atoms with Crippen LogP contribution >= 0.6 is 11.3 Å². The summed E-state index contributed by atoms with van der Waals surface area (Å²) in [6, 6.07) is 18.1. The second kappa shape index (κ2) is 8.18. The molecule has 2 N–H and O–H groups in total. The minimum Gasteiger partial charge on any atom is -0.478 e. The third kappa shape index (κ3) is 3.56. The highest BCUT2D eigenvalue weighted by Gasteiger charge is 2.24. The Kier molecular flexibility index (Phi) is 5.18. The summed E-state index contributed by atoms with van der Waals surface area (Å²) in [4.78, 5) is 30.1. The number of carboxylic acid groups (broad SMARTS) is 1. The number of rotatable bonds is 5. The van der Waals surface area contributed by atoms with Crippen molar-refractivity contribution in [1.29, 1.82) is 0 Å². The number of aromatic nitrogens is 1. The van der Waals surface area contributed by atoms with E-state index in [-0.39, 0.29) is 11.1 Å². The molecule has 0 aliphatic heterocycles. The van der Waals surface area contributed by atoms with Crippen molar-refractivity contribution in [2.75, 3.05) is 11.9 Å². The molecule has 0 bridgehead atoms. The number of nitrogens with one attached hydrogen (secondary N) is 1. The van der Waals surface area contributed by atoms with Crippen LogP contribution in [0.25, 0.3) is 42.9 Å². The van der Waals surface area contributed by atoms with Crippen LogP contribution in [0.5, 0.6) is 0 Å². The van der Waals surface area contributed by atoms with Crippen LogP contribution in [0.1, 0.15) is 22.8 Å². The maximum Gasteiger partial charge on any atom is 0.347 e. The molecule has 0 saturated heterocycles. The number of benzene rings is 3. The molecule has 6 nitrogen and oxygen atoms in total. The van der Waals surface area contributed by atoms with E-state index in [4.69, 9.17) is 4.42 Å². The van der Waals surface area contributed by atoms with Gasteiger partial charge in [-0.3, -0.25) is 0 Å². The number of nitrogens with zero attached hydrogens (tertiary/aromatic N) is 1. The lowest BCUT2D eigenvalue weighted by atomic mass is 9.92. The highest BCUT2D eigenvalue weighted by molar-refractivity contribution is 7.21. The zero-order valence-corrected chi connectivity index (χ0v) is 18.8. The minimum absolute atomic E-state index is 0.111. The first-order valence-electron chi connectivity index (χ1n) is 10.5. The summed E-state index contributed by atoms with van der Waals surface area (Å²) < 4.78 is 6.70. The first-order valence-corrected chi connectivity index (χ1v) is 11.3. The Morgan fingerprint density at radius 3 is 2.61 bits per heavy atom. The van der Waals surface area contributed by atoms with Gasteiger partial charge in [0, 0.05) is 29.2 Å². The summed E-state index contributed by atoms with van der Waals surface area (Å²) in [5.74, 6) is -1.07. The highest BCUT2D eigenvalue weighted by Crippen LogP contribution is 2.41. The number of aromatic carboxylic acids is 1. The van der Waals surface area contributed by atoms with E-state index in [1.54, 1.807) is 30.3 Å². The monoisotopic (exact) mass is 456 g/mol. The molecule has 0 radical (unpaired) electrons. The van der Waals surface area contributed by atoms with Crippen LogP contribution in [-0.2, 0) is 0 Å². The molecule has 5 rings (SSSR count). The molecule has 164 valence electrons. The number of hydrogen-bond donors (Lipinski definition) is 2. The number of fused-ring (bicyclic) bond motifs is 2. The summed E-state index contributed by atoms with van der Waals surface area (Å²) in [6.45, 7) is 4.67. The molecule has 7 heteroatoms. The molecule has 0 aliphatic carbocycles. The third-order valence-electron chi connectivity index (χ3n) is 5.55. The number of carboxylic acids is 1. The minimum atomic E-state index is -1.07. The molecule has 0 unspecified atom stereocenters. The topological polar surface area (TPSA) is 92.4 Å². The quantitative estimate of drug-likeness (QED) is 0.307. The van der Waals surface area contributed by atoms with Gasteiger partial charge in [-0.25, -0.2) is 14.6 Å². The molecule has 0 fully saturated rings. The summed E-state index contributed by atoms with van der Waals surface area (Å²) >= 11 is 1.38. The molecule has 33 heavy (non-hydrogen) atoms. The van der Waals surface area contributed by atoms with Gasteiger partial charge in [0.2, 0.25) is 0 Å². The van der Waals surface area contributed by atoms with Gasteiger partial charge < -0.3 is 14.8 Å². The summed E-state index contributed by atoms with van der Waals surface area (Å²) in [7, 11) is 0. The Hall–Kier alpha value is -3.97. The molecule has 2 heterocycles. The van der Waals surface area contributed by atoms with Crippen LogP contribution in [0.15, 0.2) is 69.9 Å². The molecule has 0 spiro atoms. The number of carbonyl (C=O) groups is 1. The van der Waals surface area contributed by atoms with E-state index in [1.165, 1.54) is 11.3 Å². The molecular formula is C26H20N2O4S. The molecule has 5 aromatic rings. The lowest BCUT2D eigenvalue weighted by Crippen LogP contribution is -2.09. The SMILES string of the molecule is CCNc1cc2oc(=O)c(-c3nc4ccccc4s3)c(-c3ccccc3C(=O)O)c2cc1C. The Balaban J connectivity index is 1.94. The summed E-state index contributed by atoms with van der Waals surface area (Å²) in [5.41, 5.74) is 3.78. The van der Waals surface area contributed by atoms with Gasteiger partial charge >= 0.3 is 11.6 Å². The van der Waals surface area contributed by atoms with E-state index in [0.717, 1.165) is 28.0 Å². The number of hydrogen-bond acceptors (Lipinski definition) is 6. The smallest absolute Gasteiger partial charge is 0.347 e. The molecule has 3 aromatic carbocycles. The Bertz CT molecular complexity index is 1570. The van der Waals surface area contributed by atoms with Crippen LogP contribution in [0.4, 0.5) is 5.69 Å². The fraction of sp³-hybridized carbons (Fsp3) is 0.115. The normalized spacial score (nSPS) is 11.2. The molecular weight excluding hydrogens is 436 g/mol. The fourth-order valence-corrected chi connectivity index (χ4v) is 5.08. The standard InChI is InChI=1S/C26H20N2O4S/c1-3-27-19-13-20-17(12-14(19)2)22(15-8-4-5-9-16(15)25(29)30)23(26(31)32-20)24-28-18-10-6-7-11-21(18)33-24/h4-13,27H,3H2,1-2H3,(H,29,30). The van der Waals surface area contributed by atoms with Crippen LogP contribution < -0.4 is 10.9 Å². The zero-order valence-electron chi connectivity index (χ0n) is 18.0. The van der Waals surface area contributed by atoms with E-state index >= 15 is 0 Å². The van der Waals surface area contributed by atoms with Crippen molar-refractivity contribution in [3.63, 3.8) is 0 Å². The van der Waals surface area contributed by atoms with Crippen molar-refractivity contribution < 1.29 is 14.3 Å². The second-order valence-corrected chi connectivity index (χ2v) is 8.70. The van der Waals surface area contributed by atoms with Crippen LogP contribution in [0, 0.1) is 6.92 Å². The third-order valence-corrected chi connectivity index (χ3v) is 6.61. The lowest BCUT2D eigenvalue weighted by molar-refractivity contribution is 0.0697. The van der Waals surface area contributed by atoms with E-state index in [2.05, 4.69) is 10.3 Å². The average Bonchev–Trinajstić information content (AvgIpc) is 3.23. The van der Waals surface area contributed by atoms with E-state index in [1.807, 2.05) is 44.2 Å². The van der Waals surface area contributed by atoms with Gasteiger partial charge in [-0.15, -0.1) is 11.3 Å². The van der Waals surface area contributed by atoms with Crippen LogP contribution in [-0.4, -0.2) is 22.6 Å². The highest BCUT2D eigenvalue weighted by atomic mass is 32.1. The molecule has 0 saturated carbocycles. The lowest BCUT2D eigenvalue weighted by Gasteiger charge is -2.15. The Labute approximate surface area is 193 Å². The van der Waals surface area contributed by atoms with Crippen molar-refractivity contribution in [3.05, 3.63) is 82.2 Å². The molecule has 0 atom stereocenters. The molecule has 0 aliphatic rings. The van der Waals surface area contributed by atoms with Gasteiger partial charge in [0.15, 0.2) is 0 Å². The first kappa shape index (κ1) is 20.9. The second-order valence-electron chi connectivity index (χ2n) is 7.67. The van der Waals surface area contributed by atoms with Crippen molar-refractivity contribution in [2.24, 2.45) is 0 Å².